The minimum Gasteiger partial charge on any atom is -0.466 e. The van der Waals surface area contributed by atoms with Crippen LogP contribution in [0.4, 0.5) is 0 Å². The van der Waals surface area contributed by atoms with E-state index in [-0.39, 0.29) is 11.4 Å². The monoisotopic (exact) mass is 404 g/mol. The van der Waals surface area contributed by atoms with E-state index in [0.717, 1.165) is 57.3 Å². The second-order valence-corrected chi connectivity index (χ2v) is 11.1. The molecule has 2 unspecified atom stereocenters. The first-order chi connectivity index (χ1) is 13.7. The minimum atomic E-state index is -0.623. The van der Waals surface area contributed by atoms with Gasteiger partial charge in [-0.1, -0.05) is 20.8 Å². The van der Waals surface area contributed by atoms with Crippen LogP contribution in [0.15, 0.2) is 0 Å². The summed E-state index contributed by atoms with van der Waals surface area (Å²) in [5.74, 6) is 2.94. The first-order valence-corrected chi connectivity index (χ1v) is 12.1. The van der Waals surface area contributed by atoms with Crippen LogP contribution in [-0.2, 0) is 14.3 Å². The lowest BCUT2D eigenvalue weighted by Gasteiger charge is -2.61. The Morgan fingerprint density at radius 1 is 1.10 bits per heavy atom. The number of aliphatic hydroxyl groups is 1. The molecule has 29 heavy (non-hydrogen) atoms. The Kier molecular flexibility index (Phi) is 5.63. The Bertz CT molecular complexity index is 659. The highest BCUT2D eigenvalue weighted by Gasteiger charge is 2.64. The SMILES string of the molecule is CCC(=O)OCCCC1(O)CC[C@H]2[C@@H]3CCC4CC(=O)CC[C@]4(C)[C@@H]3CC[C@@]21C. The van der Waals surface area contributed by atoms with Crippen molar-refractivity contribution in [3.63, 3.8) is 0 Å². The third-order valence-corrected chi connectivity index (χ3v) is 10.1. The predicted molar refractivity (Wildman–Crippen MR) is 112 cm³/mol. The lowest BCUT2D eigenvalue weighted by Crippen LogP contribution is -2.56. The molecule has 0 aromatic rings. The number of hydrogen-bond acceptors (Lipinski definition) is 4. The fourth-order valence-corrected chi connectivity index (χ4v) is 8.22. The van der Waals surface area contributed by atoms with Crippen LogP contribution in [0.25, 0.3) is 0 Å². The molecule has 4 heteroatoms. The topological polar surface area (TPSA) is 63.6 Å². The summed E-state index contributed by atoms with van der Waals surface area (Å²) in [6.45, 7) is 7.06. The van der Waals surface area contributed by atoms with Crippen molar-refractivity contribution in [1.29, 1.82) is 0 Å². The van der Waals surface area contributed by atoms with Crippen molar-refractivity contribution in [2.45, 2.75) is 103 Å². The van der Waals surface area contributed by atoms with Crippen LogP contribution in [-0.4, -0.2) is 29.1 Å². The molecule has 4 rings (SSSR count). The van der Waals surface area contributed by atoms with Crippen molar-refractivity contribution >= 4 is 11.8 Å². The first kappa shape index (κ1) is 21.3. The van der Waals surface area contributed by atoms with Crippen molar-refractivity contribution in [3.05, 3.63) is 0 Å². The number of Topliss-reactive ketones (excluding diaryl/α,β-unsaturated/α-hetero) is 1. The van der Waals surface area contributed by atoms with Gasteiger partial charge < -0.3 is 9.84 Å². The highest BCUT2D eigenvalue weighted by Crippen LogP contribution is 2.68. The van der Waals surface area contributed by atoms with E-state index >= 15 is 0 Å². The number of esters is 1. The third-order valence-electron chi connectivity index (χ3n) is 10.1. The molecule has 0 amide bonds. The second kappa shape index (κ2) is 7.66. The van der Waals surface area contributed by atoms with Crippen LogP contribution < -0.4 is 0 Å². The maximum absolute atomic E-state index is 12.1. The molecule has 0 aromatic carbocycles. The molecule has 0 spiro atoms. The molecule has 4 saturated carbocycles. The summed E-state index contributed by atoms with van der Waals surface area (Å²) in [6, 6.07) is 0. The summed E-state index contributed by atoms with van der Waals surface area (Å²) in [5.41, 5.74) is -0.314. The molecule has 4 aliphatic rings. The van der Waals surface area contributed by atoms with Gasteiger partial charge in [-0.3, -0.25) is 9.59 Å². The van der Waals surface area contributed by atoms with Gasteiger partial charge in [0.15, 0.2) is 0 Å². The fraction of sp³-hybridized carbons (Fsp3) is 0.920. The molecule has 4 nitrogen and oxygen atoms in total. The molecule has 0 saturated heterocycles. The molecule has 1 N–H and O–H groups in total. The molecule has 0 aliphatic heterocycles. The van der Waals surface area contributed by atoms with E-state index in [1.54, 1.807) is 0 Å². The van der Waals surface area contributed by atoms with Gasteiger partial charge in [0.2, 0.25) is 0 Å². The van der Waals surface area contributed by atoms with Crippen LogP contribution in [0, 0.1) is 34.5 Å². The summed E-state index contributed by atoms with van der Waals surface area (Å²) in [5, 5.41) is 11.7. The zero-order valence-electron chi connectivity index (χ0n) is 18.7. The number of carbonyl (C=O) groups is 2. The summed E-state index contributed by atoms with van der Waals surface area (Å²) in [4.78, 5) is 23.5. The maximum atomic E-state index is 12.1. The van der Waals surface area contributed by atoms with Gasteiger partial charge in [0.25, 0.3) is 0 Å². The Morgan fingerprint density at radius 3 is 2.62 bits per heavy atom. The van der Waals surface area contributed by atoms with E-state index < -0.39 is 5.60 Å². The molecule has 7 atom stereocenters. The average Bonchev–Trinajstić information content (AvgIpc) is 2.97. The second-order valence-electron chi connectivity index (χ2n) is 11.1. The Labute approximate surface area is 176 Å². The molecular weight excluding hydrogens is 364 g/mol. The van der Waals surface area contributed by atoms with Gasteiger partial charge >= 0.3 is 5.97 Å². The summed E-state index contributed by atoms with van der Waals surface area (Å²) >= 11 is 0. The van der Waals surface area contributed by atoms with Crippen LogP contribution >= 0.6 is 0 Å². The normalized spacial score (nSPS) is 46.6. The number of fused-ring (bicyclic) bond motifs is 5. The number of rotatable bonds is 5. The van der Waals surface area contributed by atoms with E-state index in [4.69, 9.17) is 4.74 Å². The predicted octanol–water partition coefficient (Wildman–Crippen LogP) is 5.06. The lowest BCUT2D eigenvalue weighted by atomic mass is 9.44. The molecule has 4 fully saturated rings. The number of carbonyl (C=O) groups excluding carboxylic acids is 2. The van der Waals surface area contributed by atoms with Crippen molar-refractivity contribution in [1.82, 2.24) is 0 Å². The van der Waals surface area contributed by atoms with Gasteiger partial charge in [0.05, 0.1) is 12.2 Å². The standard InChI is InChI=1S/C25H40O4/c1-4-22(27)29-15-5-11-25(28)14-10-21-19-7-6-17-16-18(26)8-12-23(17,2)20(19)9-13-24(21,25)3/h17,19-21,28H,4-16H2,1-3H3/t17?,19-,20-,21+,23+,24+,25?/m1/s1. The largest absolute Gasteiger partial charge is 0.466 e. The number of ether oxygens (including phenoxy) is 1. The minimum absolute atomic E-state index is 0.0172. The van der Waals surface area contributed by atoms with Gasteiger partial charge in [0.1, 0.15) is 5.78 Å². The third kappa shape index (κ3) is 3.38. The van der Waals surface area contributed by atoms with Gasteiger partial charge in [0, 0.05) is 19.3 Å². The van der Waals surface area contributed by atoms with Crippen LogP contribution in [0.1, 0.15) is 97.8 Å². The maximum Gasteiger partial charge on any atom is 0.305 e. The van der Waals surface area contributed by atoms with Gasteiger partial charge in [-0.25, -0.2) is 0 Å². The Morgan fingerprint density at radius 2 is 1.86 bits per heavy atom. The lowest BCUT2D eigenvalue weighted by molar-refractivity contribution is -0.160. The van der Waals surface area contributed by atoms with E-state index in [9.17, 15) is 14.7 Å². The molecule has 164 valence electrons. The van der Waals surface area contributed by atoms with Crippen LogP contribution in [0.3, 0.4) is 0 Å². The van der Waals surface area contributed by atoms with E-state index in [1.165, 1.54) is 19.3 Å². The highest BCUT2D eigenvalue weighted by molar-refractivity contribution is 5.79. The zero-order chi connectivity index (χ0) is 20.9. The number of ketones is 1. The molecular formula is C25H40O4. The average molecular weight is 405 g/mol. The first-order valence-electron chi connectivity index (χ1n) is 12.1. The molecule has 4 aliphatic carbocycles. The van der Waals surface area contributed by atoms with E-state index in [1.807, 2.05) is 6.92 Å². The van der Waals surface area contributed by atoms with Gasteiger partial charge in [-0.2, -0.15) is 0 Å². The smallest absolute Gasteiger partial charge is 0.305 e. The van der Waals surface area contributed by atoms with Crippen LogP contribution in [0.5, 0.6) is 0 Å². The van der Waals surface area contributed by atoms with E-state index in [0.29, 0.717) is 42.0 Å². The van der Waals surface area contributed by atoms with Crippen molar-refractivity contribution in [2.24, 2.45) is 34.5 Å². The van der Waals surface area contributed by atoms with Gasteiger partial charge in [-0.05, 0) is 92.3 Å². The Hall–Kier alpha value is -0.900. The quantitative estimate of drug-likeness (QED) is 0.514. The van der Waals surface area contributed by atoms with Gasteiger partial charge in [-0.15, -0.1) is 0 Å². The summed E-state index contributed by atoms with van der Waals surface area (Å²) in [7, 11) is 0. The Balaban J connectivity index is 1.45. The zero-order valence-corrected chi connectivity index (χ0v) is 18.7. The summed E-state index contributed by atoms with van der Waals surface area (Å²) < 4.78 is 5.25. The van der Waals surface area contributed by atoms with Crippen molar-refractivity contribution < 1.29 is 19.4 Å². The van der Waals surface area contributed by atoms with Crippen molar-refractivity contribution in [2.75, 3.05) is 6.61 Å². The van der Waals surface area contributed by atoms with Crippen LogP contribution in [0.2, 0.25) is 0 Å². The molecule has 0 radical (unpaired) electrons. The van der Waals surface area contributed by atoms with E-state index in [2.05, 4.69) is 13.8 Å². The number of hydrogen-bond donors (Lipinski definition) is 1. The van der Waals surface area contributed by atoms with Crippen molar-refractivity contribution in [3.8, 4) is 0 Å². The molecule has 0 aromatic heterocycles. The molecule has 0 bridgehead atoms. The molecule has 0 heterocycles. The fourth-order valence-electron chi connectivity index (χ4n) is 8.22. The highest BCUT2D eigenvalue weighted by atomic mass is 16.5. The summed E-state index contributed by atoms with van der Waals surface area (Å²) in [6.07, 6.45) is 11.3.